The van der Waals surface area contributed by atoms with Crippen LogP contribution in [0, 0.1) is 87.3 Å². The molecule has 0 saturated carbocycles. The Morgan fingerprint density at radius 1 is 0.300 bits per heavy atom. The first-order valence-corrected chi connectivity index (χ1v) is 9.27. The molecule has 0 bridgehead atoms. The second-order valence-corrected chi connectivity index (χ2v) is 7.36. The van der Waals surface area contributed by atoms with Crippen molar-refractivity contribution in [2.24, 2.45) is 0 Å². The van der Waals surface area contributed by atoms with E-state index in [1.807, 2.05) is 0 Å². The minimum atomic E-state index is -7.40. The number of halogens is 19. The molecule has 0 heterocycles. The molecule has 0 fully saturated rings. The molecule has 20 heteroatoms. The Balaban J connectivity index is 3.03. The van der Waals surface area contributed by atoms with Crippen molar-refractivity contribution in [1.82, 2.24) is 5.34 Å². The average Bonchev–Trinajstić information content (AvgIpc) is 2.90. The number of benzene rings is 3. The van der Waals surface area contributed by atoms with Crippen LogP contribution in [0.4, 0.5) is 83.6 Å². The van der Waals surface area contributed by atoms with Crippen LogP contribution in [0.1, 0.15) is 16.7 Å². The van der Waals surface area contributed by atoms with Gasteiger partial charge in [0.15, 0.2) is 69.8 Å². The molecule has 0 radical (unpaired) electrons. The van der Waals surface area contributed by atoms with Crippen LogP contribution in [0.5, 0.6) is 0 Å². The summed E-state index contributed by atoms with van der Waals surface area (Å²) in [5, 5.41) is -3.86. The van der Waals surface area contributed by atoms with Gasteiger partial charge in [-0.25, -0.2) is 65.9 Å². The molecule has 0 aliphatic carbocycles. The van der Waals surface area contributed by atoms with Crippen LogP contribution in [-0.2, 0) is 5.41 Å². The summed E-state index contributed by atoms with van der Waals surface area (Å²) in [4.78, 5) is 0. The van der Waals surface area contributed by atoms with E-state index < -0.39 is 121 Å². The number of nitrogens with zero attached hydrogens (tertiary/aromatic N) is 1. The van der Waals surface area contributed by atoms with Gasteiger partial charge in [-0.3, -0.25) is 0 Å². The number of rotatable bonds is 5. The van der Waals surface area contributed by atoms with Crippen molar-refractivity contribution in [3.8, 4) is 0 Å². The van der Waals surface area contributed by atoms with Gasteiger partial charge >= 0.3 is 6.05 Å². The lowest BCUT2D eigenvalue weighted by Crippen LogP contribution is -2.56. The molecule has 40 heavy (non-hydrogen) atoms. The Kier molecular flexibility index (Phi) is 7.50. The summed E-state index contributed by atoms with van der Waals surface area (Å²) in [6, 6.07) is -7.40. The second-order valence-electron chi connectivity index (χ2n) is 7.36. The van der Waals surface area contributed by atoms with Crippen molar-refractivity contribution in [3.63, 3.8) is 0 Å². The fourth-order valence-electron chi connectivity index (χ4n) is 3.76. The van der Waals surface area contributed by atoms with Crippen molar-refractivity contribution in [1.29, 1.82) is 0 Å². The molecule has 0 N–H and O–H groups in total. The fraction of sp³-hybridized carbons (Fsp3) is 0.100. The Morgan fingerprint density at radius 3 is 0.600 bits per heavy atom. The van der Waals surface area contributed by atoms with Gasteiger partial charge in [0.1, 0.15) is 5.41 Å². The maximum atomic E-state index is 15.3. The van der Waals surface area contributed by atoms with Gasteiger partial charge in [-0.2, -0.15) is 8.78 Å². The van der Waals surface area contributed by atoms with E-state index in [9.17, 15) is 74.8 Å². The molecule has 0 aliphatic heterocycles. The lowest BCUT2D eigenvalue weighted by Gasteiger charge is -2.41. The first kappa shape index (κ1) is 30.8. The Morgan fingerprint density at radius 2 is 0.450 bits per heavy atom. The summed E-state index contributed by atoms with van der Waals surface area (Å²) in [6.07, 6.45) is 0. The van der Waals surface area contributed by atoms with Crippen LogP contribution in [-0.4, -0.2) is 11.4 Å². The minimum Gasteiger partial charge on any atom is -0.203 e. The van der Waals surface area contributed by atoms with Crippen molar-refractivity contribution >= 4 is 0 Å². The zero-order chi connectivity index (χ0) is 31.0. The molecule has 0 amide bonds. The standard InChI is InChI=1S/C20F19N/c21-4-1(5(22)11(28)16(33)10(4)27)19(20(36,37)40(38)39,2-6(23)12(29)17(34)13(30)7(2)24)3-8(25)14(31)18(35)15(32)9(3)26. The van der Waals surface area contributed by atoms with Gasteiger partial charge in [0.25, 0.3) is 0 Å². The summed E-state index contributed by atoms with van der Waals surface area (Å²) in [5.74, 6) is -55.2. The average molecular weight is 615 g/mol. The van der Waals surface area contributed by atoms with Gasteiger partial charge < -0.3 is 0 Å². The zero-order valence-corrected chi connectivity index (χ0v) is 17.6. The molecule has 0 spiro atoms. The highest BCUT2D eigenvalue weighted by atomic mass is 19.4. The van der Waals surface area contributed by atoms with Crippen LogP contribution in [0.25, 0.3) is 0 Å². The van der Waals surface area contributed by atoms with Crippen LogP contribution < -0.4 is 0 Å². The molecule has 3 rings (SSSR count). The molecular formula is C20F19N. The zero-order valence-electron chi connectivity index (χ0n) is 17.6. The largest absolute Gasteiger partial charge is 0.376 e. The third-order valence-corrected chi connectivity index (χ3v) is 5.42. The molecule has 0 aliphatic rings. The number of alkyl halides is 2. The van der Waals surface area contributed by atoms with Gasteiger partial charge in [0, 0.05) is 0 Å². The quantitative estimate of drug-likeness (QED) is 0.0709. The van der Waals surface area contributed by atoms with E-state index in [1.165, 1.54) is 0 Å². The predicted octanol–water partition coefficient (Wildman–Crippen LogP) is 7.77. The molecule has 1 nitrogen and oxygen atoms in total. The van der Waals surface area contributed by atoms with Gasteiger partial charge in [-0.1, -0.05) is 8.96 Å². The van der Waals surface area contributed by atoms with Crippen LogP contribution in [0.15, 0.2) is 0 Å². The number of hydrogen-bond donors (Lipinski definition) is 0. The van der Waals surface area contributed by atoms with Crippen molar-refractivity contribution in [2.75, 3.05) is 0 Å². The SMILES string of the molecule is Fc1c(F)c(F)c(C(c2c(F)c(F)c(F)c(F)c2F)(c2c(F)c(F)c(F)c(F)c2F)C(F)(F)N(F)F)c(F)c1F. The lowest BCUT2D eigenvalue weighted by atomic mass is 9.65. The summed E-state index contributed by atoms with van der Waals surface area (Å²) in [5.41, 5.74) is -18.5. The topological polar surface area (TPSA) is 3.24 Å². The molecule has 3 aromatic carbocycles. The first-order chi connectivity index (χ1) is 18.2. The summed E-state index contributed by atoms with van der Waals surface area (Å²) < 4.78 is 271. The maximum absolute atomic E-state index is 15.3. The highest BCUT2D eigenvalue weighted by molar-refractivity contribution is 5.57. The highest BCUT2D eigenvalue weighted by Gasteiger charge is 2.70. The van der Waals surface area contributed by atoms with Crippen molar-refractivity contribution in [2.45, 2.75) is 11.5 Å². The molecule has 0 aromatic heterocycles. The van der Waals surface area contributed by atoms with Crippen LogP contribution in [0.3, 0.4) is 0 Å². The van der Waals surface area contributed by atoms with Crippen LogP contribution >= 0.6 is 0 Å². The van der Waals surface area contributed by atoms with E-state index in [1.54, 1.807) is 0 Å². The lowest BCUT2D eigenvalue weighted by molar-refractivity contribution is -0.350. The van der Waals surface area contributed by atoms with Crippen LogP contribution in [0.2, 0.25) is 0 Å². The summed E-state index contributed by atoms with van der Waals surface area (Å²) in [6.45, 7) is 0. The molecule has 0 atom stereocenters. The van der Waals surface area contributed by atoms with E-state index in [2.05, 4.69) is 0 Å². The van der Waals surface area contributed by atoms with Crippen molar-refractivity contribution in [3.05, 3.63) is 104 Å². The van der Waals surface area contributed by atoms with E-state index in [0.717, 1.165) is 0 Å². The molecule has 0 saturated heterocycles. The maximum Gasteiger partial charge on any atom is 0.376 e. The minimum absolute atomic E-state index is 3.39. The third kappa shape index (κ3) is 3.70. The number of hydrogen-bond acceptors (Lipinski definition) is 1. The normalized spacial score (nSPS) is 12.6. The Labute approximate surface area is 205 Å². The van der Waals surface area contributed by atoms with Gasteiger partial charge in [0.2, 0.25) is 17.5 Å². The van der Waals surface area contributed by atoms with Crippen molar-refractivity contribution < 1.29 is 83.6 Å². The summed E-state index contributed by atoms with van der Waals surface area (Å²) >= 11 is 0. The molecule has 0 unspecified atom stereocenters. The monoisotopic (exact) mass is 615 g/mol. The molecule has 218 valence electrons. The fourth-order valence-corrected chi connectivity index (χ4v) is 3.76. The molecule has 3 aromatic rings. The Hall–Kier alpha value is -3.71. The third-order valence-electron chi connectivity index (χ3n) is 5.42. The predicted molar refractivity (Wildman–Crippen MR) is 87.6 cm³/mol. The van der Waals surface area contributed by atoms with Gasteiger partial charge in [0.05, 0.1) is 22.0 Å². The molecular weight excluding hydrogens is 615 g/mol. The smallest absolute Gasteiger partial charge is 0.203 e. The highest BCUT2D eigenvalue weighted by Crippen LogP contribution is 2.57. The summed E-state index contributed by atoms with van der Waals surface area (Å²) in [7, 11) is 0. The van der Waals surface area contributed by atoms with Gasteiger partial charge in [-0.05, 0) is 0 Å². The van der Waals surface area contributed by atoms with Gasteiger partial charge in [-0.15, -0.1) is 0 Å². The Bertz CT molecular complexity index is 1310. The van der Waals surface area contributed by atoms with E-state index >= 15 is 8.78 Å². The van der Waals surface area contributed by atoms with E-state index in [4.69, 9.17) is 0 Å². The first-order valence-electron chi connectivity index (χ1n) is 9.27. The van der Waals surface area contributed by atoms with E-state index in [0.29, 0.717) is 0 Å². The van der Waals surface area contributed by atoms with E-state index in [-0.39, 0.29) is 0 Å². The second kappa shape index (κ2) is 9.73.